The minimum Gasteiger partial charge on any atom is -0.344 e. The molecule has 1 aromatic heterocycles. The zero-order valence-corrected chi connectivity index (χ0v) is 16.9. The van der Waals surface area contributed by atoms with Gasteiger partial charge in [-0.1, -0.05) is 54.6 Å². The van der Waals surface area contributed by atoms with E-state index in [2.05, 4.69) is 58.4 Å². The second kappa shape index (κ2) is 9.01. The maximum absolute atomic E-state index is 13.0. The third-order valence-electron chi connectivity index (χ3n) is 5.63. The largest absolute Gasteiger partial charge is 0.344 e. The standard InChI is InChI=1S/C25H27N3O/c1-27-14-15-28(18-20-6-3-2-4-7-20)19-24(25(27)29)17-21-8-5-9-23(16-21)22-10-12-26-13-11-22/h2-13,16,24H,14-15,17-19H2,1H3. The van der Waals surface area contributed by atoms with Gasteiger partial charge in [0.2, 0.25) is 5.91 Å². The van der Waals surface area contributed by atoms with Crippen LogP contribution in [0, 0.1) is 5.92 Å². The number of pyridine rings is 1. The molecule has 1 fully saturated rings. The number of aromatic nitrogens is 1. The molecule has 1 unspecified atom stereocenters. The number of carbonyl (C=O) groups excluding carboxylic acids is 1. The topological polar surface area (TPSA) is 36.4 Å². The summed E-state index contributed by atoms with van der Waals surface area (Å²) in [6.07, 6.45) is 4.38. The smallest absolute Gasteiger partial charge is 0.227 e. The van der Waals surface area contributed by atoms with Gasteiger partial charge in [0.1, 0.15) is 0 Å². The highest BCUT2D eigenvalue weighted by Crippen LogP contribution is 2.23. The number of amides is 1. The summed E-state index contributed by atoms with van der Waals surface area (Å²) >= 11 is 0. The Morgan fingerprint density at radius 2 is 1.66 bits per heavy atom. The number of nitrogens with zero attached hydrogens (tertiary/aromatic N) is 3. The highest BCUT2D eigenvalue weighted by atomic mass is 16.2. The lowest BCUT2D eigenvalue weighted by Crippen LogP contribution is -2.34. The lowest BCUT2D eigenvalue weighted by molar-refractivity contribution is -0.133. The summed E-state index contributed by atoms with van der Waals surface area (Å²) in [5, 5.41) is 0. The molecule has 1 saturated heterocycles. The van der Waals surface area contributed by atoms with E-state index < -0.39 is 0 Å². The monoisotopic (exact) mass is 385 g/mol. The zero-order valence-electron chi connectivity index (χ0n) is 16.9. The highest BCUT2D eigenvalue weighted by molar-refractivity contribution is 5.79. The Morgan fingerprint density at radius 1 is 0.897 bits per heavy atom. The summed E-state index contributed by atoms with van der Waals surface area (Å²) in [4.78, 5) is 21.4. The second-order valence-corrected chi connectivity index (χ2v) is 7.82. The van der Waals surface area contributed by atoms with Gasteiger partial charge in [0.25, 0.3) is 0 Å². The third kappa shape index (κ3) is 4.90. The van der Waals surface area contributed by atoms with Crippen LogP contribution in [-0.4, -0.2) is 47.4 Å². The fraction of sp³-hybridized carbons (Fsp3) is 0.280. The molecule has 1 amide bonds. The summed E-state index contributed by atoms with van der Waals surface area (Å²) < 4.78 is 0. The molecule has 4 rings (SSSR count). The van der Waals surface area contributed by atoms with Gasteiger partial charge >= 0.3 is 0 Å². The first kappa shape index (κ1) is 19.3. The normalized spacial score (nSPS) is 17.9. The van der Waals surface area contributed by atoms with Crippen LogP contribution in [0.15, 0.2) is 79.1 Å². The average Bonchev–Trinajstić information content (AvgIpc) is 2.89. The number of rotatable bonds is 5. The van der Waals surface area contributed by atoms with Crippen molar-refractivity contribution >= 4 is 5.91 Å². The summed E-state index contributed by atoms with van der Waals surface area (Å²) in [5.74, 6) is 0.216. The summed E-state index contributed by atoms with van der Waals surface area (Å²) in [5.41, 5.74) is 4.81. The molecule has 148 valence electrons. The van der Waals surface area contributed by atoms with Crippen molar-refractivity contribution in [2.24, 2.45) is 5.92 Å². The molecule has 0 N–H and O–H groups in total. The molecule has 29 heavy (non-hydrogen) atoms. The van der Waals surface area contributed by atoms with Gasteiger partial charge in [-0.2, -0.15) is 0 Å². The molecule has 1 atom stereocenters. The molecule has 0 spiro atoms. The Labute approximate surface area is 172 Å². The van der Waals surface area contributed by atoms with Crippen molar-refractivity contribution in [3.05, 3.63) is 90.3 Å². The molecule has 0 aliphatic carbocycles. The van der Waals surface area contributed by atoms with Crippen LogP contribution < -0.4 is 0 Å². The maximum Gasteiger partial charge on any atom is 0.227 e. The predicted molar refractivity (Wildman–Crippen MR) is 116 cm³/mol. The van der Waals surface area contributed by atoms with Crippen LogP contribution in [0.3, 0.4) is 0 Å². The van der Waals surface area contributed by atoms with Crippen LogP contribution in [0.2, 0.25) is 0 Å². The van der Waals surface area contributed by atoms with Crippen molar-refractivity contribution in [1.82, 2.24) is 14.8 Å². The van der Waals surface area contributed by atoms with Gasteiger partial charge in [-0.05, 0) is 40.8 Å². The Balaban J connectivity index is 1.52. The number of carbonyl (C=O) groups is 1. The van der Waals surface area contributed by atoms with Gasteiger partial charge in [-0.3, -0.25) is 14.7 Å². The van der Waals surface area contributed by atoms with Gasteiger partial charge in [0, 0.05) is 45.6 Å². The van der Waals surface area contributed by atoms with Crippen molar-refractivity contribution in [2.75, 3.05) is 26.7 Å². The third-order valence-corrected chi connectivity index (χ3v) is 5.63. The van der Waals surface area contributed by atoms with Crippen molar-refractivity contribution in [2.45, 2.75) is 13.0 Å². The molecule has 3 aromatic rings. The fourth-order valence-electron chi connectivity index (χ4n) is 4.04. The average molecular weight is 386 g/mol. The van der Waals surface area contributed by atoms with Crippen LogP contribution in [0.1, 0.15) is 11.1 Å². The minimum atomic E-state index is -0.0288. The van der Waals surface area contributed by atoms with E-state index in [1.165, 1.54) is 16.7 Å². The summed E-state index contributed by atoms with van der Waals surface area (Å²) in [6, 6.07) is 23.1. The van der Waals surface area contributed by atoms with E-state index in [0.717, 1.165) is 38.2 Å². The van der Waals surface area contributed by atoms with Crippen molar-refractivity contribution in [3.63, 3.8) is 0 Å². The zero-order chi connectivity index (χ0) is 20.1. The van der Waals surface area contributed by atoms with Gasteiger partial charge < -0.3 is 4.90 Å². The van der Waals surface area contributed by atoms with E-state index in [0.29, 0.717) is 0 Å². The Kier molecular flexibility index (Phi) is 6.01. The first-order valence-electron chi connectivity index (χ1n) is 10.2. The SMILES string of the molecule is CN1CCN(Cc2ccccc2)CC(Cc2cccc(-c3ccncc3)c2)C1=O. The van der Waals surface area contributed by atoms with E-state index in [1.807, 2.05) is 42.5 Å². The maximum atomic E-state index is 13.0. The Morgan fingerprint density at radius 3 is 2.45 bits per heavy atom. The first-order chi connectivity index (χ1) is 14.2. The number of benzene rings is 2. The van der Waals surface area contributed by atoms with Crippen molar-refractivity contribution in [1.29, 1.82) is 0 Å². The van der Waals surface area contributed by atoms with E-state index >= 15 is 0 Å². The Hall–Kier alpha value is -2.98. The fourth-order valence-corrected chi connectivity index (χ4v) is 4.04. The van der Waals surface area contributed by atoms with E-state index in [9.17, 15) is 4.79 Å². The van der Waals surface area contributed by atoms with E-state index in [1.54, 1.807) is 0 Å². The van der Waals surface area contributed by atoms with Gasteiger partial charge in [-0.15, -0.1) is 0 Å². The molecule has 1 aliphatic rings. The Bertz CT molecular complexity index is 943. The molecule has 0 bridgehead atoms. The summed E-state index contributed by atoms with van der Waals surface area (Å²) in [7, 11) is 1.93. The molecular weight excluding hydrogens is 358 g/mol. The van der Waals surface area contributed by atoms with Crippen LogP contribution in [0.4, 0.5) is 0 Å². The minimum absolute atomic E-state index is 0.0288. The molecular formula is C25H27N3O. The van der Waals surface area contributed by atoms with Crippen LogP contribution >= 0.6 is 0 Å². The van der Waals surface area contributed by atoms with Gasteiger partial charge in [0.05, 0.1) is 5.92 Å². The summed E-state index contributed by atoms with van der Waals surface area (Å²) in [6.45, 7) is 3.36. The molecule has 1 aliphatic heterocycles. The van der Waals surface area contributed by atoms with Crippen LogP contribution in [0.5, 0.6) is 0 Å². The predicted octanol–water partition coefficient (Wildman–Crippen LogP) is 3.88. The van der Waals surface area contributed by atoms with E-state index in [4.69, 9.17) is 0 Å². The molecule has 4 heteroatoms. The van der Waals surface area contributed by atoms with Crippen molar-refractivity contribution < 1.29 is 4.79 Å². The van der Waals surface area contributed by atoms with Crippen LogP contribution in [0.25, 0.3) is 11.1 Å². The molecule has 0 saturated carbocycles. The van der Waals surface area contributed by atoms with Gasteiger partial charge in [0.15, 0.2) is 0 Å². The number of hydrogen-bond acceptors (Lipinski definition) is 3. The lowest BCUT2D eigenvalue weighted by Gasteiger charge is -2.23. The number of likely N-dealkylation sites (N-methyl/N-ethyl adjacent to an activating group) is 1. The second-order valence-electron chi connectivity index (χ2n) is 7.82. The van der Waals surface area contributed by atoms with E-state index in [-0.39, 0.29) is 11.8 Å². The quantitative estimate of drug-likeness (QED) is 0.669. The molecule has 2 aromatic carbocycles. The highest BCUT2D eigenvalue weighted by Gasteiger charge is 2.28. The lowest BCUT2D eigenvalue weighted by atomic mass is 9.95. The molecule has 0 radical (unpaired) electrons. The van der Waals surface area contributed by atoms with Crippen molar-refractivity contribution in [3.8, 4) is 11.1 Å². The van der Waals surface area contributed by atoms with Gasteiger partial charge in [-0.25, -0.2) is 0 Å². The molecule has 4 nitrogen and oxygen atoms in total. The van der Waals surface area contributed by atoms with Crippen LogP contribution in [-0.2, 0) is 17.8 Å². The first-order valence-corrected chi connectivity index (χ1v) is 10.2. The molecule has 2 heterocycles. The number of hydrogen-bond donors (Lipinski definition) is 0.